The predicted octanol–water partition coefficient (Wildman–Crippen LogP) is 1.23. The summed E-state index contributed by atoms with van der Waals surface area (Å²) in [6.45, 7) is 3.81. The van der Waals surface area contributed by atoms with Crippen LogP contribution >= 0.6 is 12.4 Å². The van der Waals surface area contributed by atoms with E-state index in [1.54, 1.807) is 0 Å². The zero-order valence-corrected chi connectivity index (χ0v) is 14.0. The van der Waals surface area contributed by atoms with E-state index < -0.39 is 0 Å². The number of carbonyl (C=O) groups is 2. The van der Waals surface area contributed by atoms with Crippen molar-refractivity contribution in [2.75, 3.05) is 32.7 Å². The molecule has 2 saturated heterocycles. The van der Waals surface area contributed by atoms with Gasteiger partial charge >= 0.3 is 0 Å². The van der Waals surface area contributed by atoms with E-state index in [0.717, 1.165) is 19.6 Å². The van der Waals surface area contributed by atoms with Crippen molar-refractivity contribution in [3.05, 3.63) is 35.9 Å². The van der Waals surface area contributed by atoms with E-state index >= 15 is 0 Å². The van der Waals surface area contributed by atoms with Gasteiger partial charge in [0.15, 0.2) is 0 Å². The largest absolute Gasteiger partial charge is 0.330 e. The maximum Gasteiger partial charge on any atom is 0.229 e. The fraction of sp³-hybridized carbons (Fsp3) is 0.529. The summed E-state index contributed by atoms with van der Waals surface area (Å²) in [4.78, 5) is 27.1. The minimum absolute atomic E-state index is 0. The van der Waals surface area contributed by atoms with Gasteiger partial charge in [0.05, 0.1) is 0 Å². The molecule has 126 valence electrons. The number of amides is 2. The minimum Gasteiger partial charge on any atom is -0.330 e. The topological polar surface area (TPSA) is 66.6 Å². The first-order valence-corrected chi connectivity index (χ1v) is 7.99. The zero-order valence-electron chi connectivity index (χ0n) is 13.2. The lowest BCUT2D eigenvalue weighted by Gasteiger charge is -2.20. The van der Waals surface area contributed by atoms with Crippen LogP contribution in [0.3, 0.4) is 0 Å². The molecule has 0 aliphatic carbocycles. The Bertz CT molecular complexity index is 536. The molecule has 0 radical (unpaired) electrons. The smallest absolute Gasteiger partial charge is 0.229 e. The number of hydrogen-bond donors (Lipinski definition) is 1. The van der Waals surface area contributed by atoms with Gasteiger partial charge in [-0.1, -0.05) is 30.3 Å². The second-order valence-corrected chi connectivity index (χ2v) is 6.21. The van der Waals surface area contributed by atoms with Crippen molar-refractivity contribution >= 4 is 24.2 Å². The number of imide groups is 1. The molecule has 5 nitrogen and oxygen atoms in total. The number of halogens is 1. The summed E-state index contributed by atoms with van der Waals surface area (Å²) in [5.41, 5.74) is 7.27. The van der Waals surface area contributed by atoms with Crippen LogP contribution < -0.4 is 5.73 Å². The Hall–Kier alpha value is -1.43. The van der Waals surface area contributed by atoms with Gasteiger partial charge in [0.2, 0.25) is 11.8 Å². The quantitative estimate of drug-likeness (QED) is 0.821. The summed E-state index contributed by atoms with van der Waals surface area (Å²) in [6, 6.07) is 10.5. The van der Waals surface area contributed by atoms with Crippen molar-refractivity contribution in [1.29, 1.82) is 0 Å². The Balaban J connectivity index is 0.00000192. The molecule has 1 aromatic rings. The summed E-state index contributed by atoms with van der Waals surface area (Å²) in [5, 5.41) is 0. The normalized spacial score (nSPS) is 25.0. The fourth-order valence-electron chi connectivity index (χ4n) is 3.57. The Morgan fingerprint density at radius 3 is 2.26 bits per heavy atom. The lowest BCUT2D eigenvalue weighted by Crippen LogP contribution is -2.37. The highest BCUT2D eigenvalue weighted by Crippen LogP contribution is 2.31. The van der Waals surface area contributed by atoms with E-state index in [4.69, 9.17) is 5.73 Å². The molecule has 0 bridgehead atoms. The number of carbonyl (C=O) groups excluding carboxylic acids is 2. The first kappa shape index (κ1) is 17.9. The van der Waals surface area contributed by atoms with Crippen LogP contribution in [0.25, 0.3) is 0 Å². The maximum absolute atomic E-state index is 11.7. The van der Waals surface area contributed by atoms with Crippen molar-refractivity contribution in [3.8, 4) is 0 Å². The molecule has 6 heteroatoms. The third-order valence-corrected chi connectivity index (χ3v) is 4.84. The van der Waals surface area contributed by atoms with Gasteiger partial charge in [-0.05, 0) is 18.0 Å². The Kier molecular flexibility index (Phi) is 6.16. The van der Waals surface area contributed by atoms with Crippen molar-refractivity contribution in [2.45, 2.75) is 18.8 Å². The SMILES string of the molecule is Cl.NC[C@@H]1CN(CCN2C(=O)CCC2=O)C[C@H]1c1ccccc1. The highest BCUT2D eigenvalue weighted by Gasteiger charge is 2.34. The molecule has 2 N–H and O–H groups in total. The molecule has 2 amide bonds. The molecule has 0 spiro atoms. The molecule has 0 unspecified atom stereocenters. The first-order chi connectivity index (χ1) is 10.7. The van der Waals surface area contributed by atoms with E-state index in [2.05, 4.69) is 29.2 Å². The van der Waals surface area contributed by atoms with Gasteiger partial charge in [0, 0.05) is 44.9 Å². The van der Waals surface area contributed by atoms with Crippen LogP contribution in [-0.4, -0.2) is 54.3 Å². The van der Waals surface area contributed by atoms with Gasteiger partial charge < -0.3 is 10.6 Å². The zero-order chi connectivity index (χ0) is 15.5. The van der Waals surface area contributed by atoms with Gasteiger partial charge in [0.25, 0.3) is 0 Å². The monoisotopic (exact) mass is 337 g/mol. The summed E-state index contributed by atoms with van der Waals surface area (Å²) in [7, 11) is 0. The highest BCUT2D eigenvalue weighted by atomic mass is 35.5. The van der Waals surface area contributed by atoms with Gasteiger partial charge in [-0.3, -0.25) is 14.5 Å². The third-order valence-electron chi connectivity index (χ3n) is 4.84. The molecule has 3 rings (SSSR count). The van der Waals surface area contributed by atoms with Crippen molar-refractivity contribution in [1.82, 2.24) is 9.80 Å². The maximum atomic E-state index is 11.7. The first-order valence-electron chi connectivity index (χ1n) is 7.99. The molecule has 2 atom stereocenters. The second-order valence-electron chi connectivity index (χ2n) is 6.21. The molecule has 1 aromatic carbocycles. The highest BCUT2D eigenvalue weighted by molar-refractivity contribution is 6.01. The van der Waals surface area contributed by atoms with Crippen LogP contribution in [0, 0.1) is 5.92 Å². The number of benzene rings is 1. The summed E-state index contributed by atoms with van der Waals surface area (Å²) < 4.78 is 0. The molecular formula is C17H24ClN3O2. The molecular weight excluding hydrogens is 314 g/mol. The predicted molar refractivity (Wildman–Crippen MR) is 91.4 cm³/mol. The summed E-state index contributed by atoms with van der Waals surface area (Å²) in [6.07, 6.45) is 0.744. The van der Waals surface area contributed by atoms with Crippen LogP contribution in [0.4, 0.5) is 0 Å². The lowest BCUT2D eigenvalue weighted by atomic mass is 9.89. The van der Waals surface area contributed by atoms with Gasteiger partial charge in [0.1, 0.15) is 0 Å². The molecule has 0 saturated carbocycles. The molecule has 2 fully saturated rings. The summed E-state index contributed by atoms with van der Waals surface area (Å²) >= 11 is 0. The number of hydrogen-bond acceptors (Lipinski definition) is 4. The fourth-order valence-corrected chi connectivity index (χ4v) is 3.57. The van der Waals surface area contributed by atoms with Crippen LogP contribution in [0.2, 0.25) is 0 Å². The lowest BCUT2D eigenvalue weighted by molar-refractivity contribution is -0.138. The Morgan fingerprint density at radius 2 is 1.65 bits per heavy atom. The van der Waals surface area contributed by atoms with Gasteiger partial charge in [-0.25, -0.2) is 0 Å². The second kappa shape index (κ2) is 7.90. The van der Waals surface area contributed by atoms with Crippen LogP contribution in [0.1, 0.15) is 24.3 Å². The average molecular weight is 338 g/mol. The summed E-state index contributed by atoms with van der Waals surface area (Å²) in [5.74, 6) is 0.821. The molecule has 0 aromatic heterocycles. The van der Waals surface area contributed by atoms with Crippen molar-refractivity contribution < 1.29 is 9.59 Å². The number of likely N-dealkylation sites (tertiary alicyclic amines) is 2. The van der Waals surface area contributed by atoms with E-state index in [9.17, 15) is 9.59 Å². The van der Waals surface area contributed by atoms with Crippen LogP contribution in [-0.2, 0) is 9.59 Å². The van der Waals surface area contributed by atoms with Gasteiger partial charge in [-0.15, -0.1) is 12.4 Å². The van der Waals surface area contributed by atoms with E-state index in [1.165, 1.54) is 10.5 Å². The molecule has 23 heavy (non-hydrogen) atoms. The van der Waals surface area contributed by atoms with E-state index in [0.29, 0.717) is 37.8 Å². The van der Waals surface area contributed by atoms with E-state index in [1.807, 2.05) is 6.07 Å². The molecule has 2 aliphatic heterocycles. The third kappa shape index (κ3) is 3.91. The van der Waals surface area contributed by atoms with Crippen molar-refractivity contribution in [2.24, 2.45) is 11.7 Å². The number of nitrogens with zero attached hydrogens (tertiary/aromatic N) is 2. The minimum atomic E-state index is -0.0285. The number of rotatable bonds is 5. The molecule has 2 heterocycles. The van der Waals surface area contributed by atoms with Gasteiger partial charge in [-0.2, -0.15) is 0 Å². The van der Waals surface area contributed by atoms with Crippen LogP contribution in [0.5, 0.6) is 0 Å². The standard InChI is InChI=1S/C17H23N3O2.ClH/c18-10-14-11-19(8-9-20-16(21)6-7-17(20)22)12-15(14)13-4-2-1-3-5-13;/h1-5,14-15H,6-12,18H2;1H/t14-,15+;/m1./s1. The van der Waals surface area contributed by atoms with E-state index in [-0.39, 0.29) is 24.2 Å². The van der Waals surface area contributed by atoms with Crippen LogP contribution in [0.15, 0.2) is 30.3 Å². The Labute approximate surface area is 143 Å². The Morgan fingerprint density at radius 1 is 1.00 bits per heavy atom. The number of nitrogens with two attached hydrogens (primary N) is 1. The molecule has 2 aliphatic rings. The van der Waals surface area contributed by atoms with Crippen molar-refractivity contribution in [3.63, 3.8) is 0 Å². The average Bonchev–Trinajstić information content (AvgIpc) is 3.10.